The molecule has 3 heterocycles. The van der Waals surface area contributed by atoms with Crippen molar-refractivity contribution < 1.29 is 14.7 Å². The van der Waals surface area contributed by atoms with Crippen LogP contribution in [-0.2, 0) is 9.59 Å². The summed E-state index contributed by atoms with van der Waals surface area (Å²) < 4.78 is 0. The molecule has 0 spiro atoms. The van der Waals surface area contributed by atoms with Crippen molar-refractivity contribution in [2.45, 2.75) is 0 Å². The summed E-state index contributed by atoms with van der Waals surface area (Å²) in [6.45, 7) is 6.78. The number of thioether (sulfide) groups is 2. The van der Waals surface area contributed by atoms with Crippen LogP contribution in [0.3, 0.4) is 0 Å². The summed E-state index contributed by atoms with van der Waals surface area (Å²) in [5.41, 5.74) is 1.94. The molecule has 3 N–H and O–H groups in total. The van der Waals surface area contributed by atoms with Gasteiger partial charge in [-0.3, -0.25) is 29.4 Å². The van der Waals surface area contributed by atoms with Crippen molar-refractivity contribution in [3.8, 4) is 5.75 Å². The molecule has 2 aromatic rings. The molecule has 3 aliphatic rings. The number of nitrogens with zero attached hydrogens (tertiary/aromatic N) is 4. The number of phenolic OH excluding ortho intramolecular Hbond substituents is 1. The van der Waals surface area contributed by atoms with Crippen molar-refractivity contribution >= 4 is 57.8 Å². The molecule has 0 radical (unpaired) electrons. The molecule has 41 heavy (non-hydrogen) atoms. The van der Waals surface area contributed by atoms with Crippen molar-refractivity contribution in [2.24, 2.45) is 9.98 Å². The number of allylic oxidation sites excluding steroid dienone is 2. The minimum Gasteiger partial charge on any atom is -0.508 e. The molecule has 2 aromatic carbocycles. The number of aromatic hydroxyl groups is 1. The molecule has 0 saturated carbocycles. The summed E-state index contributed by atoms with van der Waals surface area (Å²) in [4.78, 5) is 39.7. The molecule has 0 aliphatic carbocycles. The summed E-state index contributed by atoms with van der Waals surface area (Å²) in [6.07, 6.45) is 7.49. The van der Waals surface area contributed by atoms with Crippen molar-refractivity contribution in [1.82, 2.24) is 20.4 Å². The van der Waals surface area contributed by atoms with Crippen LogP contribution in [0.25, 0.3) is 12.2 Å². The van der Waals surface area contributed by atoms with Gasteiger partial charge >= 0.3 is 0 Å². The van der Waals surface area contributed by atoms with Crippen molar-refractivity contribution in [1.29, 1.82) is 0 Å². The predicted octanol–water partition coefficient (Wildman–Crippen LogP) is 3.39. The zero-order chi connectivity index (χ0) is 28.4. The first-order chi connectivity index (χ1) is 20.0. The fourth-order valence-electron chi connectivity index (χ4n) is 4.37. The number of hydrogen-bond acceptors (Lipinski definition) is 9. The van der Waals surface area contributed by atoms with Crippen LogP contribution in [0.15, 0.2) is 86.5 Å². The van der Waals surface area contributed by atoms with Gasteiger partial charge in [-0.2, -0.15) is 0 Å². The van der Waals surface area contributed by atoms with E-state index in [9.17, 15) is 14.7 Å². The van der Waals surface area contributed by atoms with E-state index in [-0.39, 0.29) is 17.6 Å². The van der Waals surface area contributed by atoms with E-state index in [1.807, 2.05) is 48.6 Å². The molecule has 0 atom stereocenters. The summed E-state index contributed by atoms with van der Waals surface area (Å²) in [7, 11) is 0. The summed E-state index contributed by atoms with van der Waals surface area (Å²) in [5.74, 6) is -0.0634. The summed E-state index contributed by atoms with van der Waals surface area (Å²) in [6, 6.07) is 16.7. The molecular formula is C30H32N6O3S2. The molecule has 0 aromatic heterocycles. The van der Waals surface area contributed by atoms with Gasteiger partial charge in [0.25, 0.3) is 11.8 Å². The van der Waals surface area contributed by atoms with Gasteiger partial charge in [0, 0.05) is 39.3 Å². The summed E-state index contributed by atoms with van der Waals surface area (Å²) in [5, 5.41) is 16.4. The average Bonchev–Trinajstić information content (AvgIpc) is 3.51. The highest BCUT2D eigenvalue weighted by molar-refractivity contribution is 8.19. The number of phenols is 1. The van der Waals surface area contributed by atoms with Crippen LogP contribution in [-0.4, -0.2) is 89.4 Å². The first kappa shape index (κ1) is 28.9. The number of benzene rings is 2. The van der Waals surface area contributed by atoms with E-state index in [0.717, 1.165) is 50.4 Å². The van der Waals surface area contributed by atoms with Crippen molar-refractivity contribution in [3.63, 3.8) is 0 Å². The third-order valence-corrected chi connectivity index (χ3v) is 8.55. The number of carbonyl (C=O) groups is 2. The van der Waals surface area contributed by atoms with Crippen LogP contribution in [0, 0.1) is 0 Å². The SMILES string of the molecule is O=C1NC(=NCCN2CCN(CCN=C3NC(=O)/C(=C/c4ccc(O)cc4)S3)CC2)S/C1=C\C=C\c1ccccc1. The quantitative estimate of drug-likeness (QED) is 0.386. The van der Waals surface area contributed by atoms with E-state index < -0.39 is 0 Å². The second-order valence-electron chi connectivity index (χ2n) is 9.57. The highest BCUT2D eigenvalue weighted by Crippen LogP contribution is 2.26. The van der Waals surface area contributed by atoms with Gasteiger partial charge < -0.3 is 15.7 Å². The highest BCUT2D eigenvalue weighted by atomic mass is 32.2. The van der Waals surface area contributed by atoms with Gasteiger partial charge in [-0.25, -0.2) is 0 Å². The van der Waals surface area contributed by atoms with E-state index in [2.05, 4.69) is 30.4 Å². The van der Waals surface area contributed by atoms with E-state index in [4.69, 9.17) is 0 Å². The number of amidine groups is 2. The molecule has 3 fully saturated rings. The number of amides is 2. The van der Waals surface area contributed by atoms with E-state index in [0.29, 0.717) is 33.2 Å². The molecule has 212 valence electrons. The van der Waals surface area contributed by atoms with Gasteiger partial charge in [0.05, 0.1) is 22.9 Å². The zero-order valence-corrected chi connectivity index (χ0v) is 24.2. The van der Waals surface area contributed by atoms with E-state index >= 15 is 0 Å². The Balaban J connectivity index is 0.992. The van der Waals surface area contributed by atoms with Crippen LogP contribution in [0.5, 0.6) is 5.75 Å². The molecule has 2 amide bonds. The fourth-order valence-corrected chi connectivity index (χ4v) is 6.02. The van der Waals surface area contributed by atoms with Gasteiger partial charge in [0.2, 0.25) is 0 Å². The Bertz CT molecular complexity index is 1400. The lowest BCUT2D eigenvalue weighted by Crippen LogP contribution is -2.47. The first-order valence-electron chi connectivity index (χ1n) is 13.5. The first-order valence-corrected chi connectivity index (χ1v) is 15.1. The minimum absolute atomic E-state index is 0.108. The second-order valence-corrected chi connectivity index (χ2v) is 11.6. The van der Waals surface area contributed by atoms with Crippen LogP contribution in [0.1, 0.15) is 11.1 Å². The lowest BCUT2D eigenvalue weighted by Gasteiger charge is -2.34. The predicted molar refractivity (Wildman–Crippen MR) is 169 cm³/mol. The Morgan fingerprint density at radius 1 is 0.756 bits per heavy atom. The van der Waals surface area contributed by atoms with Crippen LogP contribution < -0.4 is 10.6 Å². The number of hydrogen-bond donors (Lipinski definition) is 3. The normalized spacial score (nSPS) is 22.4. The highest BCUT2D eigenvalue weighted by Gasteiger charge is 2.24. The van der Waals surface area contributed by atoms with Gasteiger partial charge in [0.15, 0.2) is 10.3 Å². The number of rotatable bonds is 9. The number of nitrogens with one attached hydrogen (secondary N) is 2. The van der Waals surface area contributed by atoms with Crippen LogP contribution in [0.2, 0.25) is 0 Å². The smallest absolute Gasteiger partial charge is 0.264 e. The number of piperazine rings is 1. The molecule has 0 unspecified atom stereocenters. The second kappa shape index (κ2) is 14.3. The molecule has 3 aliphatic heterocycles. The largest absolute Gasteiger partial charge is 0.508 e. The Morgan fingerprint density at radius 2 is 1.32 bits per heavy atom. The lowest BCUT2D eigenvalue weighted by atomic mass is 10.2. The zero-order valence-electron chi connectivity index (χ0n) is 22.5. The van der Waals surface area contributed by atoms with Gasteiger partial charge in [-0.15, -0.1) is 0 Å². The third-order valence-electron chi connectivity index (χ3n) is 6.64. The average molecular weight is 589 g/mol. The van der Waals surface area contributed by atoms with E-state index in [1.165, 1.54) is 23.5 Å². The molecule has 5 rings (SSSR count). The summed E-state index contributed by atoms with van der Waals surface area (Å²) >= 11 is 2.72. The Kier molecular flexibility index (Phi) is 10.1. The molecule has 11 heteroatoms. The van der Waals surface area contributed by atoms with Gasteiger partial charge in [-0.1, -0.05) is 54.6 Å². The monoisotopic (exact) mass is 588 g/mol. The van der Waals surface area contributed by atoms with Crippen LogP contribution in [0.4, 0.5) is 0 Å². The Hall–Kier alpha value is -3.64. The lowest BCUT2D eigenvalue weighted by molar-refractivity contribution is -0.116. The maximum atomic E-state index is 12.3. The standard InChI is InChI=1S/C30H32N6O3S2/c37-24-11-9-23(10-12-24)21-26-28(39)34-30(41-26)32-14-16-36-19-17-35(18-20-36)15-13-31-29-33-27(38)25(40-29)8-4-7-22-5-2-1-3-6-22/h1-12,21,37H,13-20H2,(H,31,33,38)(H,32,34,39)/b7-4+,25-8-,26-21-. The third kappa shape index (κ3) is 8.67. The number of carbonyl (C=O) groups excluding carboxylic acids is 2. The topological polar surface area (TPSA) is 110 Å². The Labute approximate surface area is 248 Å². The fraction of sp³-hybridized carbons (Fsp3) is 0.267. The molecular weight excluding hydrogens is 557 g/mol. The molecule has 9 nitrogen and oxygen atoms in total. The van der Waals surface area contributed by atoms with Crippen molar-refractivity contribution in [3.05, 3.63) is 87.7 Å². The minimum atomic E-state index is -0.151. The maximum Gasteiger partial charge on any atom is 0.264 e. The van der Waals surface area contributed by atoms with E-state index in [1.54, 1.807) is 30.3 Å². The Morgan fingerprint density at radius 3 is 1.93 bits per heavy atom. The van der Waals surface area contributed by atoms with Gasteiger partial charge in [0.1, 0.15) is 5.75 Å². The number of aliphatic imine (C=N–C) groups is 2. The van der Waals surface area contributed by atoms with Crippen molar-refractivity contribution in [2.75, 3.05) is 52.4 Å². The van der Waals surface area contributed by atoms with Crippen LogP contribution >= 0.6 is 23.5 Å². The van der Waals surface area contributed by atoms with Gasteiger partial charge in [-0.05, 0) is 58.9 Å². The maximum absolute atomic E-state index is 12.3. The molecule has 0 bridgehead atoms. The molecule has 3 saturated heterocycles.